The van der Waals surface area contributed by atoms with Gasteiger partial charge in [0.2, 0.25) is 0 Å². The van der Waals surface area contributed by atoms with E-state index in [1.54, 1.807) is 6.92 Å². The molecule has 0 amide bonds. The third-order valence-electron chi connectivity index (χ3n) is 5.68. The average molecular weight is 443 g/mol. The Bertz CT molecular complexity index is 511. The molecule has 8 heteroatoms. The third-order valence-corrected chi connectivity index (χ3v) is 6.18. The SMILES string of the molecule is C[C@@H](O)CCC[C@H](O)C=C[C@@H]1[C@@H](CCCCCCC(=O)O)[C@H](Cl)C[C@H]1C(F)(F)F. The summed E-state index contributed by atoms with van der Waals surface area (Å²) in [5.41, 5.74) is 0. The molecule has 0 aromatic rings. The van der Waals surface area contributed by atoms with Crippen LogP contribution in [0.5, 0.6) is 0 Å². The molecule has 0 bridgehead atoms. The van der Waals surface area contributed by atoms with Gasteiger partial charge in [-0.15, -0.1) is 11.6 Å². The number of hydrogen-bond acceptors (Lipinski definition) is 3. The molecule has 0 heterocycles. The van der Waals surface area contributed by atoms with Crippen molar-refractivity contribution in [1.29, 1.82) is 0 Å². The van der Waals surface area contributed by atoms with E-state index < -0.39 is 41.6 Å². The molecule has 1 aliphatic rings. The van der Waals surface area contributed by atoms with E-state index in [1.165, 1.54) is 12.2 Å². The second-order valence-electron chi connectivity index (χ2n) is 8.22. The van der Waals surface area contributed by atoms with Crippen molar-refractivity contribution >= 4 is 17.6 Å². The number of carbonyl (C=O) groups is 1. The molecule has 4 nitrogen and oxygen atoms in total. The van der Waals surface area contributed by atoms with Crippen molar-refractivity contribution in [1.82, 2.24) is 0 Å². The number of carboxylic acid groups (broad SMARTS) is 1. The maximum absolute atomic E-state index is 13.5. The van der Waals surface area contributed by atoms with E-state index in [1.807, 2.05) is 0 Å². The Morgan fingerprint density at radius 1 is 1.14 bits per heavy atom. The lowest BCUT2D eigenvalue weighted by Crippen LogP contribution is -2.28. The van der Waals surface area contributed by atoms with Gasteiger partial charge in [0, 0.05) is 11.8 Å². The number of rotatable bonds is 13. The van der Waals surface area contributed by atoms with Crippen LogP contribution in [-0.4, -0.2) is 45.1 Å². The summed E-state index contributed by atoms with van der Waals surface area (Å²) in [4.78, 5) is 10.5. The number of aliphatic carboxylic acids is 1. The molecule has 1 aliphatic carbocycles. The van der Waals surface area contributed by atoms with Gasteiger partial charge in [-0.2, -0.15) is 13.2 Å². The lowest BCUT2D eigenvalue weighted by Gasteiger charge is -2.25. The van der Waals surface area contributed by atoms with Crippen LogP contribution in [0.2, 0.25) is 0 Å². The predicted octanol–water partition coefficient (Wildman–Crippen LogP) is 5.30. The van der Waals surface area contributed by atoms with Crippen molar-refractivity contribution in [2.45, 2.75) is 94.9 Å². The summed E-state index contributed by atoms with van der Waals surface area (Å²) in [5, 5.41) is 27.4. The van der Waals surface area contributed by atoms with Gasteiger partial charge < -0.3 is 15.3 Å². The maximum atomic E-state index is 13.5. The minimum Gasteiger partial charge on any atom is -0.481 e. The number of aliphatic hydroxyl groups excluding tert-OH is 2. The lowest BCUT2D eigenvalue weighted by atomic mass is 9.85. The highest BCUT2D eigenvalue weighted by Crippen LogP contribution is 2.50. The van der Waals surface area contributed by atoms with E-state index >= 15 is 0 Å². The third kappa shape index (κ3) is 10.2. The largest absolute Gasteiger partial charge is 0.481 e. The summed E-state index contributed by atoms with van der Waals surface area (Å²) >= 11 is 6.29. The zero-order valence-electron chi connectivity index (χ0n) is 17.0. The number of halogens is 4. The van der Waals surface area contributed by atoms with Gasteiger partial charge in [-0.25, -0.2) is 0 Å². The second kappa shape index (κ2) is 12.8. The van der Waals surface area contributed by atoms with Crippen LogP contribution in [-0.2, 0) is 4.79 Å². The summed E-state index contributed by atoms with van der Waals surface area (Å²) in [6, 6.07) is 0. The van der Waals surface area contributed by atoms with Crippen molar-refractivity contribution in [2.75, 3.05) is 0 Å². The Labute approximate surface area is 176 Å². The fourth-order valence-electron chi connectivity index (χ4n) is 4.10. The zero-order chi connectivity index (χ0) is 22.0. The number of aliphatic hydroxyl groups is 2. The van der Waals surface area contributed by atoms with E-state index in [9.17, 15) is 28.2 Å². The molecule has 0 unspecified atom stereocenters. The van der Waals surface area contributed by atoms with E-state index in [2.05, 4.69) is 0 Å². The summed E-state index contributed by atoms with van der Waals surface area (Å²) in [6.07, 6.45) is 2.13. The first-order chi connectivity index (χ1) is 13.5. The fourth-order valence-corrected chi connectivity index (χ4v) is 4.59. The molecule has 6 atom stereocenters. The van der Waals surface area contributed by atoms with Gasteiger partial charge >= 0.3 is 12.1 Å². The molecule has 170 valence electrons. The molecule has 3 N–H and O–H groups in total. The molecule has 0 spiro atoms. The molecule has 1 saturated carbocycles. The Kier molecular flexibility index (Phi) is 11.6. The topological polar surface area (TPSA) is 77.8 Å². The lowest BCUT2D eigenvalue weighted by molar-refractivity contribution is -0.181. The van der Waals surface area contributed by atoms with E-state index in [-0.39, 0.29) is 18.8 Å². The van der Waals surface area contributed by atoms with E-state index in [0.29, 0.717) is 38.5 Å². The number of hydrogen-bond donors (Lipinski definition) is 3. The second-order valence-corrected chi connectivity index (χ2v) is 8.78. The Balaban J connectivity index is 2.64. The van der Waals surface area contributed by atoms with Crippen molar-refractivity contribution in [3.63, 3.8) is 0 Å². The first-order valence-electron chi connectivity index (χ1n) is 10.5. The van der Waals surface area contributed by atoms with Crippen LogP contribution in [0.15, 0.2) is 12.2 Å². The van der Waals surface area contributed by atoms with Gasteiger partial charge in [0.1, 0.15) is 0 Å². The van der Waals surface area contributed by atoms with Gasteiger partial charge in [-0.05, 0) is 57.3 Å². The van der Waals surface area contributed by atoms with Crippen molar-refractivity contribution in [2.24, 2.45) is 17.8 Å². The van der Waals surface area contributed by atoms with Gasteiger partial charge in [-0.1, -0.05) is 31.4 Å². The smallest absolute Gasteiger partial charge is 0.392 e. The van der Waals surface area contributed by atoms with Gasteiger partial charge in [0.15, 0.2) is 0 Å². The van der Waals surface area contributed by atoms with Crippen LogP contribution in [0.3, 0.4) is 0 Å². The van der Waals surface area contributed by atoms with Crippen molar-refractivity contribution in [3.05, 3.63) is 12.2 Å². The number of unbranched alkanes of at least 4 members (excludes halogenated alkanes) is 3. The molecule has 1 rings (SSSR count). The summed E-state index contributed by atoms with van der Waals surface area (Å²) in [7, 11) is 0. The van der Waals surface area contributed by atoms with E-state index in [4.69, 9.17) is 16.7 Å². The number of carboxylic acids is 1. The standard InChI is InChI=1S/C21H34ClF3O4/c1-14(26)7-6-8-15(27)11-12-16-17(9-4-2-3-5-10-20(28)29)19(22)13-18(16)21(23,24)25/h11-12,14-19,26-27H,2-10,13H2,1H3,(H,28,29)/t14-,15+,16-,17-,18-,19-/m1/s1. The zero-order valence-corrected chi connectivity index (χ0v) is 17.7. The van der Waals surface area contributed by atoms with Crippen molar-refractivity contribution < 1.29 is 33.3 Å². The van der Waals surface area contributed by atoms with Crippen LogP contribution in [0.1, 0.15) is 71.1 Å². The summed E-state index contributed by atoms with van der Waals surface area (Å²) in [6.45, 7) is 1.65. The molecule has 0 saturated heterocycles. The normalized spacial score (nSPS) is 27.4. The van der Waals surface area contributed by atoms with Crippen LogP contribution >= 0.6 is 11.6 Å². The highest BCUT2D eigenvalue weighted by atomic mass is 35.5. The van der Waals surface area contributed by atoms with Crippen molar-refractivity contribution in [3.8, 4) is 0 Å². The molecule has 29 heavy (non-hydrogen) atoms. The molecule has 0 aromatic heterocycles. The molecule has 0 aliphatic heterocycles. The molecular weight excluding hydrogens is 409 g/mol. The molecule has 1 fully saturated rings. The maximum Gasteiger partial charge on any atom is 0.392 e. The molecular formula is C21H34ClF3O4. The highest BCUT2D eigenvalue weighted by molar-refractivity contribution is 6.21. The van der Waals surface area contributed by atoms with Crippen LogP contribution in [0.25, 0.3) is 0 Å². The monoisotopic (exact) mass is 442 g/mol. The van der Waals surface area contributed by atoms with Crippen LogP contribution in [0, 0.1) is 17.8 Å². The minimum atomic E-state index is -4.34. The predicted molar refractivity (Wildman–Crippen MR) is 107 cm³/mol. The Hall–Kier alpha value is -0.790. The summed E-state index contributed by atoms with van der Waals surface area (Å²) in [5.74, 6) is -3.43. The van der Waals surface area contributed by atoms with Crippen LogP contribution < -0.4 is 0 Å². The first kappa shape index (κ1) is 26.2. The number of allylic oxidation sites excluding steroid dienone is 1. The minimum absolute atomic E-state index is 0.107. The quantitative estimate of drug-likeness (QED) is 0.205. The average Bonchev–Trinajstić information content (AvgIpc) is 2.91. The molecule has 0 aromatic carbocycles. The first-order valence-corrected chi connectivity index (χ1v) is 10.9. The summed E-state index contributed by atoms with van der Waals surface area (Å²) < 4.78 is 40.5. The van der Waals surface area contributed by atoms with E-state index in [0.717, 1.165) is 12.8 Å². The Morgan fingerprint density at radius 3 is 2.38 bits per heavy atom. The fraction of sp³-hybridized carbons (Fsp3) is 0.857. The highest BCUT2D eigenvalue weighted by Gasteiger charge is 2.53. The van der Waals surface area contributed by atoms with Gasteiger partial charge in [-0.3, -0.25) is 4.79 Å². The molecule has 0 radical (unpaired) electrons. The van der Waals surface area contributed by atoms with Crippen LogP contribution in [0.4, 0.5) is 13.2 Å². The van der Waals surface area contributed by atoms with Gasteiger partial charge in [0.25, 0.3) is 0 Å². The Morgan fingerprint density at radius 2 is 1.79 bits per heavy atom. The number of alkyl halides is 4. The van der Waals surface area contributed by atoms with Gasteiger partial charge in [0.05, 0.1) is 18.1 Å².